The molecule has 0 saturated heterocycles. The van der Waals surface area contributed by atoms with Crippen LogP contribution in [0.1, 0.15) is 0 Å². The van der Waals surface area contributed by atoms with Gasteiger partial charge >= 0.3 is 0 Å². The van der Waals surface area contributed by atoms with Crippen LogP contribution in [0.4, 0.5) is 8.78 Å². The fraction of sp³-hybridized carbons (Fsp3) is 0.0455. The Balaban J connectivity index is 1.54. The molecule has 7 nitrogen and oxygen atoms in total. The molecule has 0 bridgehead atoms. The van der Waals surface area contributed by atoms with Crippen molar-refractivity contribution < 1.29 is 8.78 Å². The highest BCUT2D eigenvalue weighted by molar-refractivity contribution is 7.98. The lowest BCUT2D eigenvalue weighted by Gasteiger charge is -2.11. The molecule has 0 aliphatic rings. The van der Waals surface area contributed by atoms with E-state index in [9.17, 15) is 13.6 Å². The summed E-state index contributed by atoms with van der Waals surface area (Å²) in [5.41, 5.74) is 1.51. The van der Waals surface area contributed by atoms with E-state index < -0.39 is 0 Å². The van der Waals surface area contributed by atoms with Crippen LogP contribution in [0.3, 0.4) is 0 Å². The van der Waals surface area contributed by atoms with Gasteiger partial charge in [0.15, 0.2) is 11.0 Å². The zero-order chi connectivity index (χ0) is 22.1. The highest BCUT2D eigenvalue weighted by Crippen LogP contribution is 2.28. The van der Waals surface area contributed by atoms with Crippen molar-refractivity contribution in [3.05, 3.63) is 94.8 Å². The summed E-state index contributed by atoms with van der Waals surface area (Å²) < 4.78 is 29.9. The number of halogens is 2. The minimum Gasteiger partial charge on any atom is -0.270 e. The van der Waals surface area contributed by atoms with Crippen LogP contribution in [0.15, 0.2) is 82.7 Å². The standard InChI is InChI=1S/C22H14F2N6OS/c23-15-7-5-14(6-8-15)20-26-27-22(30(20)17-11-9-16(24)10-12-17)32-13-29-21(31)18-3-1-2-4-19(18)25-28-29/h1-12H,13H2. The highest BCUT2D eigenvalue weighted by atomic mass is 32.2. The summed E-state index contributed by atoms with van der Waals surface area (Å²) >= 11 is 1.22. The highest BCUT2D eigenvalue weighted by Gasteiger charge is 2.17. The molecule has 2 aromatic heterocycles. The van der Waals surface area contributed by atoms with Crippen LogP contribution in [-0.2, 0) is 5.88 Å². The molecule has 0 atom stereocenters. The van der Waals surface area contributed by atoms with E-state index >= 15 is 0 Å². The number of hydrogen-bond acceptors (Lipinski definition) is 6. The Kier molecular flexibility index (Phi) is 5.20. The van der Waals surface area contributed by atoms with Crippen LogP contribution < -0.4 is 5.56 Å². The maximum atomic E-state index is 13.5. The number of benzene rings is 3. The maximum Gasteiger partial charge on any atom is 0.278 e. The SMILES string of the molecule is O=c1c2ccccc2nnn1CSc1nnc(-c2ccc(F)cc2)n1-c1ccc(F)cc1. The summed E-state index contributed by atoms with van der Waals surface area (Å²) in [4.78, 5) is 12.7. The second kappa shape index (κ2) is 8.31. The summed E-state index contributed by atoms with van der Waals surface area (Å²) in [6.45, 7) is 0. The zero-order valence-corrected chi connectivity index (χ0v) is 17.2. The van der Waals surface area contributed by atoms with Gasteiger partial charge in [-0.05, 0) is 60.7 Å². The van der Waals surface area contributed by atoms with Gasteiger partial charge < -0.3 is 0 Å². The second-order valence-corrected chi connectivity index (χ2v) is 7.72. The number of hydrogen-bond donors (Lipinski definition) is 0. The summed E-state index contributed by atoms with van der Waals surface area (Å²) in [6.07, 6.45) is 0. The molecular formula is C22H14F2N6OS. The van der Waals surface area contributed by atoms with E-state index in [1.807, 2.05) is 0 Å². The molecule has 0 spiro atoms. The van der Waals surface area contributed by atoms with Gasteiger partial charge in [-0.25, -0.2) is 8.78 Å². The van der Waals surface area contributed by atoms with Crippen LogP contribution in [0.25, 0.3) is 28.0 Å². The molecule has 0 aliphatic carbocycles. The molecule has 10 heteroatoms. The molecule has 0 unspecified atom stereocenters. The number of aromatic nitrogens is 6. The van der Waals surface area contributed by atoms with Gasteiger partial charge in [0.2, 0.25) is 0 Å². The molecule has 0 amide bonds. The molecule has 0 saturated carbocycles. The third kappa shape index (κ3) is 3.76. The topological polar surface area (TPSA) is 78.5 Å². The molecule has 5 aromatic rings. The Morgan fingerprint density at radius 3 is 2.25 bits per heavy atom. The Morgan fingerprint density at radius 2 is 1.50 bits per heavy atom. The predicted octanol–water partition coefficient (Wildman–Crippen LogP) is 4.07. The largest absolute Gasteiger partial charge is 0.278 e. The van der Waals surface area contributed by atoms with Crippen LogP contribution in [0.5, 0.6) is 0 Å². The first-order valence-electron chi connectivity index (χ1n) is 9.53. The van der Waals surface area contributed by atoms with Crippen molar-refractivity contribution in [2.24, 2.45) is 0 Å². The van der Waals surface area contributed by atoms with Crippen molar-refractivity contribution in [3.63, 3.8) is 0 Å². The van der Waals surface area contributed by atoms with Crippen LogP contribution in [0, 0.1) is 11.6 Å². The average Bonchev–Trinajstić information content (AvgIpc) is 3.24. The van der Waals surface area contributed by atoms with Crippen molar-refractivity contribution in [3.8, 4) is 17.1 Å². The predicted molar refractivity (Wildman–Crippen MR) is 116 cm³/mol. The maximum absolute atomic E-state index is 13.5. The van der Waals surface area contributed by atoms with E-state index in [1.165, 1.54) is 40.7 Å². The van der Waals surface area contributed by atoms with Crippen LogP contribution >= 0.6 is 11.8 Å². The summed E-state index contributed by atoms with van der Waals surface area (Å²) in [6, 6.07) is 18.7. The number of rotatable bonds is 5. The quantitative estimate of drug-likeness (QED) is 0.377. The van der Waals surface area contributed by atoms with E-state index in [1.54, 1.807) is 53.1 Å². The summed E-state index contributed by atoms with van der Waals surface area (Å²) in [5, 5.41) is 17.5. The van der Waals surface area contributed by atoms with Crippen LogP contribution in [0.2, 0.25) is 0 Å². The van der Waals surface area contributed by atoms with Gasteiger partial charge in [-0.3, -0.25) is 9.36 Å². The van der Waals surface area contributed by atoms with Crippen molar-refractivity contribution in [1.29, 1.82) is 0 Å². The monoisotopic (exact) mass is 448 g/mol. The van der Waals surface area contributed by atoms with Crippen molar-refractivity contribution in [1.82, 2.24) is 29.8 Å². The lowest BCUT2D eigenvalue weighted by atomic mass is 10.2. The molecule has 3 aromatic carbocycles. The molecule has 2 heterocycles. The van der Waals surface area contributed by atoms with Gasteiger partial charge in [-0.2, -0.15) is 4.68 Å². The van der Waals surface area contributed by atoms with E-state index in [0.29, 0.717) is 33.1 Å². The molecule has 5 rings (SSSR count). The molecule has 0 N–H and O–H groups in total. The molecule has 0 radical (unpaired) electrons. The molecule has 0 fully saturated rings. The van der Waals surface area contributed by atoms with E-state index in [2.05, 4.69) is 20.5 Å². The second-order valence-electron chi connectivity index (χ2n) is 6.81. The Hall–Kier alpha value is -3.92. The number of nitrogens with zero attached hydrogens (tertiary/aromatic N) is 6. The number of thioether (sulfide) groups is 1. The first-order chi connectivity index (χ1) is 15.6. The third-order valence-electron chi connectivity index (χ3n) is 4.77. The number of fused-ring (bicyclic) bond motifs is 1. The average molecular weight is 448 g/mol. The van der Waals surface area contributed by atoms with E-state index in [-0.39, 0.29) is 23.1 Å². The van der Waals surface area contributed by atoms with Crippen molar-refractivity contribution in [2.45, 2.75) is 11.0 Å². The van der Waals surface area contributed by atoms with Crippen molar-refractivity contribution >= 4 is 22.7 Å². The zero-order valence-electron chi connectivity index (χ0n) is 16.4. The first kappa shape index (κ1) is 20.0. The lowest BCUT2D eigenvalue weighted by Crippen LogP contribution is -2.23. The lowest BCUT2D eigenvalue weighted by molar-refractivity contribution is 0.626. The van der Waals surface area contributed by atoms with Gasteiger partial charge in [0.05, 0.1) is 11.3 Å². The Bertz CT molecular complexity index is 1470. The Labute approximate surface area is 184 Å². The van der Waals surface area contributed by atoms with Crippen molar-refractivity contribution in [2.75, 3.05) is 0 Å². The normalized spacial score (nSPS) is 11.2. The molecule has 0 aliphatic heterocycles. The van der Waals surface area contributed by atoms with Gasteiger partial charge in [-0.1, -0.05) is 29.1 Å². The minimum absolute atomic E-state index is 0.138. The van der Waals surface area contributed by atoms with Gasteiger partial charge in [0.1, 0.15) is 17.2 Å². The fourth-order valence-electron chi connectivity index (χ4n) is 3.20. The smallest absolute Gasteiger partial charge is 0.270 e. The van der Waals surface area contributed by atoms with Gasteiger partial charge in [0, 0.05) is 11.3 Å². The first-order valence-corrected chi connectivity index (χ1v) is 10.5. The summed E-state index contributed by atoms with van der Waals surface area (Å²) in [7, 11) is 0. The van der Waals surface area contributed by atoms with Crippen LogP contribution in [-0.4, -0.2) is 29.8 Å². The Morgan fingerprint density at radius 1 is 0.812 bits per heavy atom. The van der Waals surface area contributed by atoms with Gasteiger partial charge in [-0.15, -0.1) is 15.3 Å². The summed E-state index contributed by atoms with van der Waals surface area (Å²) in [5.74, 6) is -0.154. The third-order valence-corrected chi connectivity index (χ3v) is 5.66. The fourth-order valence-corrected chi connectivity index (χ4v) is 4.03. The van der Waals surface area contributed by atoms with Gasteiger partial charge in [0.25, 0.3) is 5.56 Å². The minimum atomic E-state index is -0.377. The van der Waals surface area contributed by atoms with E-state index in [4.69, 9.17) is 0 Å². The van der Waals surface area contributed by atoms with E-state index in [0.717, 1.165) is 0 Å². The molecule has 158 valence electrons. The molecule has 32 heavy (non-hydrogen) atoms. The molecular weight excluding hydrogens is 434 g/mol.